The molecule has 2 aromatic heterocycles. The van der Waals surface area contributed by atoms with Crippen molar-refractivity contribution in [2.45, 2.75) is 25.3 Å². The lowest BCUT2D eigenvalue weighted by Gasteiger charge is -2.43. The van der Waals surface area contributed by atoms with Crippen LogP contribution in [-0.2, 0) is 6.42 Å². The fourth-order valence-corrected chi connectivity index (χ4v) is 5.77. The Hall–Kier alpha value is -2.18. The van der Waals surface area contributed by atoms with Crippen LogP contribution in [0.3, 0.4) is 0 Å². The number of benzene rings is 1. The molecule has 0 radical (unpaired) electrons. The predicted molar refractivity (Wildman–Crippen MR) is 108 cm³/mol. The van der Waals surface area contributed by atoms with Gasteiger partial charge in [0, 0.05) is 17.0 Å². The molecule has 2 aliphatic heterocycles. The minimum atomic E-state index is 0.148. The summed E-state index contributed by atoms with van der Waals surface area (Å²) < 4.78 is 0. The second kappa shape index (κ2) is 6.77. The van der Waals surface area contributed by atoms with Crippen molar-refractivity contribution < 1.29 is 4.79 Å². The number of piperidine rings is 1. The first-order valence-corrected chi connectivity index (χ1v) is 10.6. The monoisotopic (exact) mass is 380 g/mol. The first kappa shape index (κ1) is 17.0. The predicted octanol–water partition coefficient (Wildman–Crippen LogP) is 3.71. The standard InChI is InChI=1S/C21H24N4OS/c1-24-8-4-14(5-9-24)19-20-15(7-11-27-20)6-10-25(19)21(26)16-2-3-17-18(12-16)23-13-22-17/h2-3,7,11-14,19H,4-6,8-10H2,1H3,(H,22,23). The number of nitrogens with zero attached hydrogens (tertiary/aromatic N) is 3. The van der Waals surface area contributed by atoms with E-state index in [1.54, 1.807) is 6.33 Å². The van der Waals surface area contributed by atoms with Gasteiger partial charge in [-0.3, -0.25) is 4.79 Å². The van der Waals surface area contributed by atoms with E-state index in [1.807, 2.05) is 29.5 Å². The zero-order chi connectivity index (χ0) is 18.4. The minimum absolute atomic E-state index is 0.148. The molecule has 3 aromatic rings. The normalized spacial score (nSPS) is 21.5. The maximum absolute atomic E-state index is 13.5. The van der Waals surface area contributed by atoms with Gasteiger partial charge in [0.05, 0.1) is 23.4 Å². The van der Waals surface area contributed by atoms with Crippen LogP contribution in [0, 0.1) is 5.92 Å². The second-order valence-corrected chi connectivity index (χ2v) is 8.73. The first-order valence-electron chi connectivity index (χ1n) is 9.69. The molecule has 1 saturated heterocycles. The van der Waals surface area contributed by atoms with E-state index in [-0.39, 0.29) is 11.9 Å². The van der Waals surface area contributed by atoms with E-state index in [0.29, 0.717) is 5.92 Å². The van der Waals surface area contributed by atoms with Gasteiger partial charge in [-0.05, 0) is 80.5 Å². The van der Waals surface area contributed by atoms with E-state index in [9.17, 15) is 4.79 Å². The van der Waals surface area contributed by atoms with E-state index in [0.717, 1.165) is 55.5 Å². The molecule has 1 unspecified atom stereocenters. The maximum Gasteiger partial charge on any atom is 0.254 e. The molecule has 0 aliphatic carbocycles. The topological polar surface area (TPSA) is 52.2 Å². The number of nitrogens with one attached hydrogen (secondary N) is 1. The molecular formula is C21H24N4OS. The smallest absolute Gasteiger partial charge is 0.254 e. The third-order valence-electron chi connectivity index (χ3n) is 6.14. The molecule has 1 N–H and O–H groups in total. The van der Waals surface area contributed by atoms with Gasteiger partial charge >= 0.3 is 0 Å². The Bertz CT molecular complexity index is 969. The van der Waals surface area contributed by atoms with Gasteiger partial charge < -0.3 is 14.8 Å². The van der Waals surface area contributed by atoms with Gasteiger partial charge in [-0.2, -0.15) is 0 Å². The molecule has 0 spiro atoms. The van der Waals surface area contributed by atoms with Crippen molar-refractivity contribution in [3.05, 3.63) is 52.0 Å². The van der Waals surface area contributed by atoms with Crippen LogP contribution in [0.1, 0.15) is 39.7 Å². The van der Waals surface area contributed by atoms with Crippen molar-refractivity contribution in [1.82, 2.24) is 19.8 Å². The van der Waals surface area contributed by atoms with E-state index in [4.69, 9.17) is 0 Å². The Labute approximate surface area is 163 Å². The first-order chi connectivity index (χ1) is 13.2. The Balaban J connectivity index is 1.50. The molecule has 140 valence electrons. The van der Waals surface area contributed by atoms with Crippen LogP contribution in [-0.4, -0.2) is 52.4 Å². The number of H-pyrrole nitrogens is 1. The van der Waals surface area contributed by atoms with Crippen LogP contribution in [0.25, 0.3) is 11.0 Å². The summed E-state index contributed by atoms with van der Waals surface area (Å²) in [6.45, 7) is 3.04. The molecule has 5 nitrogen and oxygen atoms in total. The van der Waals surface area contributed by atoms with E-state index in [1.165, 1.54) is 10.4 Å². The highest BCUT2D eigenvalue weighted by atomic mass is 32.1. The number of carbonyl (C=O) groups excluding carboxylic acids is 1. The molecular weight excluding hydrogens is 356 g/mol. The van der Waals surface area contributed by atoms with Gasteiger partial charge in [0.2, 0.25) is 0 Å². The average Bonchev–Trinajstić information content (AvgIpc) is 3.35. The number of imidazole rings is 1. The summed E-state index contributed by atoms with van der Waals surface area (Å²) in [5.74, 6) is 0.688. The molecule has 0 saturated carbocycles. The fraction of sp³-hybridized carbons (Fsp3) is 0.429. The molecule has 1 atom stereocenters. The number of amides is 1. The largest absolute Gasteiger partial charge is 0.345 e. The summed E-state index contributed by atoms with van der Waals surface area (Å²) in [6, 6.07) is 8.26. The van der Waals surface area contributed by atoms with Crippen molar-refractivity contribution in [3.63, 3.8) is 0 Å². The molecule has 0 bridgehead atoms. The molecule has 6 heteroatoms. The average molecular weight is 381 g/mol. The van der Waals surface area contributed by atoms with Gasteiger partial charge in [-0.1, -0.05) is 0 Å². The quantitative estimate of drug-likeness (QED) is 0.737. The molecule has 1 amide bonds. The Morgan fingerprint density at radius 1 is 1.22 bits per heavy atom. The van der Waals surface area contributed by atoms with Crippen LogP contribution < -0.4 is 0 Å². The van der Waals surface area contributed by atoms with E-state index < -0.39 is 0 Å². The summed E-state index contributed by atoms with van der Waals surface area (Å²) in [6.07, 6.45) is 4.95. The van der Waals surface area contributed by atoms with Crippen LogP contribution in [0.15, 0.2) is 36.0 Å². The zero-order valence-corrected chi connectivity index (χ0v) is 16.3. The number of rotatable bonds is 2. The van der Waals surface area contributed by atoms with Gasteiger partial charge in [-0.25, -0.2) is 4.98 Å². The highest BCUT2D eigenvalue weighted by molar-refractivity contribution is 7.10. The number of aromatic amines is 1. The van der Waals surface area contributed by atoms with Crippen molar-refractivity contribution in [2.75, 3.05) is 26.7 Å². The summed E-state index contributed by atoms with van der Waals surface area (Å²) in [5.41, 5.74) is 4.02. The lowest BCUT2D eigenvalue weighted by molar-refractivity contribution is 0.0510. The Morgan fingerprint density at radius 3 is 2.93 bits per heavy atom. The molecule has 2 aliphatic rings. The SMILES string of the molecule is CN1CCC(C2c3sccc3CCN2C(=O)c2ccc3nc[nH]c3c2)CC1. The van der Waals surface area contributed by atoms with Crippen molar-refractivity contribution in [1.29, 1.82) is 0 Å². The van der Waals surface area contributed by atoms with Crippen LogP contribution in [0.5, 0.6) is 0 Å². The van der Waals surface area contributed by atoms with Crippen LogP contribution in [0.4, 0.5) is 0 Å². The van der Waals surface area contributed by atoms with Crippen molar-refractivity contribution >= 4 is 28.3 Å². The van der Waals surface area contributed by atoms with Crippen LogP contribution >= 0.6 is 11.3 Å². The number of likely N-dealkylation sites (tertiary alicyclic amines) is 1. The number of thiophene rings is 1. The molecule has 4 heterocycles. The van der Waals surface area contributed by atoms with Gasteiger partial charge in [0.25, 0.3) is 5.91 Å². The molecule has 1 fully saturated rings. The highest BCUT2D eigenvalue weighted by Gasteiger charge is 2.38. The molecule has 27 heavy (non-hydrogen) atoms. The zero-order valence-electron chi connectivity index (χ0n) is 15.5. The second-order valence-electron chi connectivity index (χ2n) is 7.78. The number of hydrogen-bond donors (Lipinski definition) is 1. The number of aromatic nitrogens is 2. The van der Waals surface area contributed by atoms with E-state index >= 15 is 0 Å². The third-order valence-corrected chi connectivity index (χ3v) is 7.17. The molecule has 5 rings (SSSR count). The Morgan fingerprint density at radius 2 is 2.07 bits per heavy atom. The summed E-state index contributed by atoms with van der Waals surface area (Å²) in [4.78, 5) is 26.8. The fourth-order valence-electron chi connectivity index (χ4n) is 4.61. The van der Waals surface area contributed by atoms with Crippen molar-refractivity contribution in [3.8, 4) is 0 Å². The lowest BCUT2D eigenvalue weighted by atomic mass is 9.84. The summed E-state index contributed by atoms with van der Waals surface area (Å²) in [7, 11) is 2.19. The number of carbonyl (C=O) groups is 1. The highest BCUT2D eigenvalue weighted by Crippen LogP contribution is 2.43. The van der Waals surface area contributed by atoms with E-state index in [2.05, 4.69) is 38.3 Å². The van der Waals surface area contributed by atoms with Gasteiger partial charge in [0.1, 0.15) is 0 Å². The number of fused-ring (bicyclic) bond motifs is 2. The summed E-state index contributed by atoms with van der Waals surface area (Å²) in [5, 5.41) is 2.19. The van der Waals surface area contributed by atoms with Gasteiger partial charge in [0.15, 0.2) is 0 Å². The van der Waals surface area contributed by atoms with Crippen LogP contribution in [0.2, 0.25) is 0 Å². The van der Waals surface area contributed by atoms with Crippen molar-refractivity contribution in [2.24, 2.45) is 5.92 Å². The van der Waals surface area contributed by atoms with Gasteiger partial charge in [-0.15, -0.1) is 11.3 Å². The minimum Gasteiger partial charge on any atom is -0.345 e. The molecule has 1 aromatic carbocycles. The third kappa shape index (κ3) is 2.97. The summed E-state index contributed by atoms with van der Waals surface area (Å²) >= 11 is 1.82. The maximum atomic E-state index is 13.5. The number of hydrogen-bond acceptors (Lipinski definition) is 4. The lowest BCUT2D eigenvalue weighted by Crippen LogP contribution is -2.45. The Kier molecular flexibility index (Phi) is 4.25.